The van der Waals surface area contributed by atoms with E-state index in [1.165, 1.54) is 0 Å². The number of hydrogen-bond donors (Lipinski definition) is 1. The molecule has 2 N–H and O–H groups in total. The van der Waals surface area contributed by atoms with Gasteiger partial charge in [-0.1, -0.05) is 27.7 Å². The van der Waals surface area contributed by atoms with Crippen molar-refractivity contribution < 1.29 is 0 Å². The van der Waals surface area contributed by atoms with Crippen LogP contribution in [0.5, 0.6) is 0 Å². The number of nitrogen functional groups attached to an aromatic ring is 1. The summed E-state index contributed by atoms with van der Waals surface area (Å²) in [7, 11) is 1.88. The van der Waals surface area contributed by atoms with E-state index < -0.39 is 0 Å². The molecule has 0 atom stereocenters. The zero-order valence-electron chi connectivity index (χ0n) is 10.5. The van der Waals surface area contributed by atoms with Crippen molar-refractivity contribution in [3.8, 4) is 0 Å². The maximum atomic E-state index is 5.78. The van der Waals surface area contributed by atoms with Crippen LogP contribution < -0.4 is 5.73 Å². The topological polar surface area (TPSA) is 69.6 Å². The van der Waals surface area contributed by atoms with Gasteiger partial charge >= 0.3 is 0 Å². The molecular weight excluding hydrogens is 202 g/mol. The van der Waals surface area contributed by atoms with E-state index in [1.807, 2.05) is 20.9 Å². The molecule has 0 bridgehead atoms. The second kappa shape index (κ2) is 4.92. The Bertz CT molecular complexity index is 472. The third-order valence-electron chi connectivity index (χ3n) is 2.27. The lowest BCUT2D eigenvalue weighted by Gasteiger charge is -2.00. The molecule has 5 nitrogen and oxygen atoms in total. The van der Waals surface area contributed by atoms with Gasteiger partial charge in [-0.05, 0) is 5.92 Å². The highest BCUT2D eigenvalue weighted by atomic mass is 15.3. The molecule has 88 valence electrons. The van der Waals surface area contributed by atoms with Crippen LogP contribution in [0.1, 0.15) is 39.3 Å². The van der Waals surface area contributed by atoms with Gasteiger partial charge in [0.05, 0.1) is 22.8 Å². The smallest absolute Gasteiger partial charge is 0.157 e. The zero-order chi connectivity index (χ0) is 12.3. The number of rotatable bonds is 1. The number of fused-ring (bicyclic) bond motifs is 1. The van der Waals surface area contributed by atoms with E-state index >= 15 is 0 Å². The molecule has 0 saturated heterocycles. The Morgan fingerprint density at radius 1 is 1.31 bits per heavy atom. The first kappa shape index (κ1) is 12.4. The zero-order valence-corrected chi connectivity index (χ0v) is 10.5. The molecule has 0 fully saturated rings. The van der Waals surface area contributed by atoms with E-state index in [2.05, 4.69) is 29.1 Å². The predicted molar refractivity (Wildman–Crippen MR) is 66.2 cm³/mol. The number of hydrogen-bond acceptors (Lipinski definition) is 4. The number of aryl methyl sites for hydroxylation is 1. The fourth-order valence-corrected chi connectivity index (χ4v) is 1.57. The largest absolute Gasteiger partial charge is 0.382 e. The molecule has 0 aliphatic heterocycles. The SMILES string of the molecule is CC.CC(C)c1nn(C)c2cnnc(N)c12. The van der Waals surface area contributed by atoms with Crippen molar-refractivity contribution in [2.24, 2.45) is 7.05 Å². The monoisotopic (exact) mass is 221 g/mol. The van der Waals surface area contributed by atoms with Crippen molar-refractivity contribution in [1.82, 2.24) is 20.0 Å². The van der Waals surface area contributed by atoms with E-state index in [9.17, 15) is 0 Å². The Kier molecular flexibility index (Phi) is 3.82. The lowest BCUT2D eigenvalue weighted by atomic mass is 10.1. The quantitative estimate of drug-likeness (QED) is 0.800. The fraction of sp³-hybridized carbons (Fsp3) is 0.545. The number of nitrogens with zero attached hydrogens (tertiary/aromatic N) is 4. The van der Waals surface area contributed by atoms with Crippen LogP contribution in [0.25, 0.3) is 10.9 Å². The van der Waals surface area contributed by atoms with Gasteiger partial charge in [0.1, 0.15) is 0 Å². The van der Waals surface area contributed by atoms with Gasteiger partial charge in [0, 0.05) is 7.05 Å². The number of aromatic nitrogens is 4. The third-order valence-corrected chi connectivity index (χ3v) is 2.27. The van der Waals surface area contributed by atoms with Gasteiger partial charge < -0.3 is 5.73 Å². The molecule has 2 heterocycles. The molecule has 0 unspecified atom stereocenters. The van der Waals surface area contributed by atoms with Crippen LogP contribution in [0.4, 0.5) is 5.82 Å². The average molecular weight is 221 g/mol. The maximum absolute atomic E-state index is 5.78. The van der Waals surface area contributed by atoms with E-state index in [4.69, 9.17) is 5.73 Å². The van der Waals surface area contributed by atoms with E-state index in [0.717, 1.165) is 16.6 Å². The van der Waals surface area contributed by atoms with E-state index in [1.54, 1.807) is 10.9 Å². The molecule has 0 aromatic carbocycles. The second-order valence-electron chi connectivity index (χ2n) is 3.65. The lowest BCUT2D eigenvalue weighted by Crippen LogP contribution is -1.96. The molecule has 0 aliphatic carbocycles. The molecule has 5 heteroatoms. The summed E-state index contributed by atoms with van der Waals surface area (Å²) in [6.45, 7) is 8.17. The van der Waals surface area contributed by atoms with Gasteiger partial charge in [-0.2, -0.15) is 10.2 Å². The highest BCUT2D eigenvalue weighted by molar-refractivity contribution is 5.90. The first-order chi connectivity index (χ1) is 7.61. The molecule has 16 heavy (non-hydrogen) atoms. The van der Waals surface area contributed by atoms with Gasteiger partial charge in [0.2, 0.25) is 0 Å². The number of anilines is 1. The maximum Gasteiger partial charge on any atom is 0.157 e. The fourth-order valence-electron chi connectivity index (χ4n) is 1.57. The van der Waals surface area contributed by atoms with E-state index in [-0.39, 0.29) is 0 Å². The summed E-state index contributed by atoms with van der Waals surface area (Å²) in [6, 6.07) is 0. The second-order valence-corrected chi connectivity index (χ2v) is 3.65. The summed E-state index contributed by atoms with van der Waals surface area (Å²) in [6.07, 6.45) is 1.69. The summed E-state index contributed by atoms with van der Waals surface area (Å²) >= 11 is 0. The van der Waals surface area contributed by atoms with Crippen LogP contribution in [0.2, 0.25) is 0 Å². The Hall–Kier alpha value is -1.65. The standard InChI is InChI=1S/C9H13N5.C2H6/c1-5(2)8-7-6(14(3)13-8)4-11-12-9(7)10;1-2/h4-5H,1-3H3,(H2,10,12);1-2H3. The average Bonchev–Trinajstić information content (AvgIpc) is 2.61. The van der Waals surface area contributed by atoms with Gasteiger partial charge in [-0.15, -0.1) is 5.10 Å². The van der Waals surface area contributed by atoms with Crippen LogP contribution in [-0.4, -0.2) is 20.0 Å². The minimum Gasteiger partial charge on any atom is -0.382 e. The van der Waals surface area contributed by atoms with Gasteiger partial charge in [-0.3, -0.25) is 4.68 Å². The van der Waals surface area contributed by atoms with Crippen molar-refractivity contribution in [3.05, 3.63) is 11.9 Å². The van der Waals surface area contributed by atoms with Crippen molar-refractivity contribution in [2.45, 2.75) is 33.6 Å². The Morgan fingerprint density at radius 3 is 2.50 bits per heavy atom. The summed E-state index contributed by atoms with van der Waals surface area (Å²) in [4.78, 5) is 0. The van der Waals surface area contributed by atoms with Crippen LogP contribution in [-0.2, 0) is 7.05 Å². The molecule has 2 aromatic heterocycles. The van der Waals surface area contributed by atoms with Crippen molar-refractivity contribution in [3.63, 3.8) is 0 Å². The molecule has 0 amide bonds. The Morgan fingerprint density at radius 2 is 1.94 bits per heavy atom. The van der Waals surface area contributed by atoms with Crippen molar-refractivity contribution in [2.75, 3.05) is 5.73 Å². The molecule has 2 rings (SSSR count). The van der Waals surface area contributed by atoms with Gasteiger partial charge in [-0.25, -0.2) is 0 Å². The molecule has 0 saturated carbocycles. The highest BCUT2D eigenvalue weighted by Crippen LogP contribution is 2.26. The van der Waals surface area contributed by atoms with Crippen molar-refractivity contribution in [1.29, 1.82) is 0 Å². The summed E-state index contributed by atoms with van der Waals surface area (Å²) in [5.74, 6) is 0.796. The molecule has 0 spiro atoms. The predicted octanol–water partition coefficient (Wildman–Crippen LogP) is 2.10. The minimum absolute atomic E-state index is 0.338. The first-order valence-corrected chi connectivity index (χ1v) is 5.55. The van der Waals surface area contributed by atoms with Gasteiger partial charge in [0.25, 0.3) is 0 Å². The summed E-state index contributed by atoms with van der Waals surface area (Å²) in [5.41, 5.74) is 7.69. The molecule has 0 radical (unpaired) electrons. The van der Waals surface area contributed by atoms with Crippen LogP contribution in [0, 0.1) is 0 Å². The van der Waals surface area contributed by atoms with Crippen molar-refractivity contribution >= 4 is 16.7 Å². The van der Waals surface area contributed by atoms with Crippen LogP contribution in [0.3, 0.4) is 0 Å². The summed E-state index contributed by atoms with van der Waals surface area (Å²) in [5, 5.41) is 13.0. The first-order valence-electron chi connectivity index (χ1n) is 5.55. The highest BCUT2D eigenvalue weighted by Gasteiger charge is 2.14. The normalized spacial score (nSPS) is 10.4. The Labute approximate surface area is 95.7 Å². The minimum atomic E-state index is 0.338. The molecular formula is C11H19N5. The number of nitrogens with two attached hydrogens (primary N) is 1. The Balaban J connectivity index is 0.000000606. The van der Waals surface area contributed by atoms with Crippen LogP contribution >= 0.6 is 0 Å². The van der Waals surface area contributed by atoms with Gasteiger partial charge in [0.15, 0.2) is 5.82 Å². The summed E-state index contributed by atoms with van der Waals surface area (Å²) < 4.78 is 1.79. The van der Waals surface area contributed by atoms with Crippen LogP contribution in [0.15, 0.2) is 6.20 Å². The molecule has 0 aliphatic rings. The lowest BCUT2D eigenvalue weighted by molar-refractivity contribution is 0.728. The third kappa shape index (κ3) is 1.98. The molecule has 2 aromatic rings. The van der Waals surface area contributed by atoms with E-state index in [0.29, 0.717) is 11.7 Å².